The van der Waals surface area contributed by atoms with Crippen LogP contribution in [0.4, 0.5) is 10.1 Å². The molecule has 0 radical (unpaired) electrons. The number of hydrogen-bond donors (Lipinski definition) is 2. The summed E-state index contributed by atoms with van der Waals surface area (Å²) in [7, 11) is 0. The molecule has 134 valence electrons. The maximum atomic E-state index is 14.6. The SMILES string of the molecule is CC(Oc1cccc(Br)c1)C(=O)Nc1ccc2c(c1F)CCNC2.Cl. The van der Waals surface area contributed by atoms with Crippen LogP contribution in [0, 0.1) is 5.82 Å². The molecule has 4 nitrogen and oxygen atoms in total. The second-order valence-corrected chi connectivity index (χ2v) is 6.61. The number of halogens is 3. The van der Waals surface area contributed by atoms with Gasteiger partial charge in [-0.15, -0.1) is 12.4 Å². The first kappa shape index (κ1) is 19.7. The maximum Gasteiger partial charge on any atom is 0.265 e. The standard InChI is InChI=1S/C18H18BrFN2O2.ClH/c1-11(24-14-4-2-3-13(19)9-14)18(23)22-16-6-5-12-10-21-8-7-15(12)17(16)20;/h2-6,9,11,21H,7-8,10H2,1H3,(H,22,23);1H. The number of anilines is 1. The van der Waals surface area contributed by atoms with Crippen molar-refractivity contribution < 1.29 is 13.9 Å². The molecular weight excluding hydrogens is 411 g/mol. The average Bonchev–Trinajstić information content (AvgIpc) is 2.57. The quantitative estimate of drug-likeness (QED) is 0.770. The molecule has 1 aliphatic heterocycles. The van der Waals surface area contributed by atoms with Crippen LogP contribution >= 0.6 is 28.3 Å². The zero-order valence-corrected chi connectivity index (χ0v) is 16.0. The minimum absolute atomic E-state index is 0. The Balaban J connectivity index is 0.00000225. The summed E-state index contributed by atoms with van der Waals surface area (Å²) >= 11 is 3.35. The highest BCUT2D eigenvalue weighted by molar-refractivity contribution is 9.10. The van der Waals surface area contributed by atoms with E-state index in [2.05, 4.69) is 26.6 Å². The monoisotopic (exact) mass is 428 g/mol. The van der Waals surface area contributed by atoms with Gasteiger partial charge >= 0.3 is 0 Å². The number of hydrogen-bond acceptors (Lipinski definition) is 3. The number of nitrogens with one attached hydrogen (secondary N) is 2. The largest absolute Gasteiger partial charge is 0.481 e. The molecule has 0 spiro atoms. The molecule has 1 atom stereocenters. The fourth-order valence-electron chi connectivity index (χ4n) is 2.66. The van der Waals surface area contributed by atoms with Crippen molar-refractivity contribution in [3.05, 3.63) is 57.8 Å². The first-order chi connectivity index (χ1) is 11.5. The van der Waals surface area contributed by atoms with E-state index in [0.717, 1.165) is 16.6 Å². The predicted molar refractivity (Wildman–Crippen MR) is 102 cm³/mol. The lowest BCUT2D eigenvalue weighted by atomic mass is 9.99. The normalized spacial score (nSPS) is 14.0. The summed E-state index contributed by atoms with van der Waals surface area (Å²) in [6.07, 6.45) is -0.119. The smallest absolute Gasteiger partial charge is 0.265 e. The third-order valence-corrected chi connectivity index (χ3v) is 4.44. The molecule has 0 fully saturated rings. The molecule has 2 aromatic rings. The van der Waals surface area contributed by atoms with Crippen LogP contribution in [-0.2, 0) is 17.8 Å². The van der Waals surface area contributed by atoms with E-state index in [9.17, 15) is 9.18 Å². The molecule has 0 aromatic heterocycles. The molecule has 25 heavy (non-hydrogen) atoms. The fourth-order valence-corrected chi connectivity index (χ4v) is 3.04. The molecule has 7 heteroatoms. The summed E-state index contributed by atoms with van der Waals surface area (Å²) < 4.78 is 21.0. The van der Waals surface area contributed by atoms with Crippen LogP contribution in [0.1, 0.15) is 18.1 Å². The van der Waals surface area contributed by atoms with Gasteiger partial charge in [0.05, 0.1) is 5.69 Å². The summed E-state index contributed by atoms with van der Waals surface area (Å²) in [6, 6.07) is 10.7. The molecule has 1 unspecified atom stereocenters. The van der Waals surface area contributed by atoms with Crippen LogP contribution in [-0.4, -0.2) is 18.6 Å². The van der Waals surface area contributed by atoms with Crippen molar-refractivity contribution in [2.45, 2.75) is 26.0 Å². The summed E-state index contributed by atoms with van der Waals surface area (Å²) in [5, 5.41) is 5.82. The van der Waals surface area contributed by atoms with Gasteiger partial charge in [0.2, 0.25) is 0 Å². The van der Waals surface area contributed by atoms with Crippen LogP contribution in [0.15, 0.2) is 40.9 Å². The minimum Gasteiger partial charge on any atom is -0.481 e. The van der Waals surface area contributed by atoms with Gasteiger partial charge in [-0.25, -0.2) is 4.39 Å². The van der Waals surface area contributed by atoms with Crippen molar-refractivity contribution in [2.75, 3.05) is 11.9 Å². The molecule has 2 N–H and O–H groups in total. The van der Waals surface area contributed by atoms with E-state index in [1.54, 1.807) is 25.1 Å². The lowest BCUT2D eigenvalue weighted by Gasteiger charge is -2.20. The van der Waals surface area contributed by atoms with Gasteiger partial charge < -0.3 is 15.4 Å². The van der Waals surface area contributed by atoms with Crippen molar-refractivity contribution in [3.63, 3.8) is 0 Å². The second kappa shape index (κ2) is 8.65. The number of ether oxygens (including phenoxy) is 1. The van der Waals surface area contributed by atoms with Gasteiger partial charge in [0.25, 0.3) is 5.91 Å². The molecular formula is C18H19BrClFN2O2. The number of carbonyl (C=O) groups excluding carboxylic acids is 1. The molecule has 0 bridgehead atoms. The molecule has 1 heterocycles. The molecule has 1 amide bonds. The van der Waals surface area contributed by atoms with E-state index >= 15 is 0 Å². The minimum atomic E-state index is -0.739. The first-order valence-corrected chi connectivity index (χ1v) is 8.58. The molecule has 3 rings (SSSR count). The lowest BCUT2D eigenvalue weighted by molar-refractivity contribution is -0.122. The molecule has 0 saturated heterocycles. The Labute approximate surface area is 160 Å². The van der Waals surface area contributed by atoms with Gasteiger partial charge in [-0.05, 0) is 55.3 Å². The van der Waals surface area contributed by atoms with E-state index in [0.29, 0.717) is 24.3 Å². The van der Waals surface area contributed by atoms with E-state index in [4.69, 9.17) is 4.74 Å². The van der Waals surface area contributed by atoms with E-state index in [1.807, 2.05) is 18.2 Å². The molecule has 0 aliphatic carbocycles. The van der Waals surface area contributed by atoms with Crippen molar-refractivity contribution in [3.8, 4) is 5.75 Å². The van der Waals surface area contributed by atoms with Gasteiger partial charge in [-0.1, -0.05) is 28.1 Å². The summed E-state index contributed by atoms with van der Waals surface area (Å²) in [6.45, 7) is 3.03. The van der Waals surface area contributed by atoms with Gasteiger partial charge in [0.1, 0.15) is 11.6 Å². The van der Waals surface area contributed by atoms with Gasteiger partial charge in [0.15, 0.2) is 6.10 Å². The van der Waals surface area contributed by atoms with Crippen LogP contribution in [0.3, 0.4) is 0 Å². The molecule has 2 aromatic carbocycles. The lowest BCUT2D eigenvalue weighted by Crippen LogP contribution is -2.31. The van der Waals surface area contributed by atoms with Gasteiger partial charge in [0, 0.05) is 11.0 Å². The van der Waals surface area contributed by atoms with E-state index < -0.39 is 6.10 Å². The highest BCUT2D eigenvalue weighted by Gasteiger charge is 2.20. The summed E-state index contributed by atoms with van der Waals surface area (Å²) in [5.41, 5.74) is 1.81. The van der Waals surface area contributed by atoms with E-state index in [1.165, 1.54) is 0 Å². The van der Waals surface area contributed by atoms with Crippen molar-refractivity contribution in [1.82, 2.24) is 5.32 Å². The van der Waals surface area contributed by atoms with Gasteiger partial charge in [-0.2, -0.15) is 0 Å². The molecule has 0 saturated carbocycles. The van der Waals surface area contributed by atoms with E-state index in [-0.39, 0.29) is 29.8 Å². The van der Waals surface area contributed by atoms with Crippen LogP contribution < -0.4 is 15.4 Å². The van der Waals surface area contributed by atoms with Crippen molar-refractivity contribution in [1.29, 1.82) is 0 Å². The third-order valence-electron chi connectivity index (χ3n) is 3.94. The van der Waals surface area contributed by atoms with Gasteiger partial charge in [-0.3, -0.25) is 4.79 Å². The summed E-state index contributed by atoms with van der Waals surface area (Å²) in [5.74, 6) is -0.163. The Morgan fingerprint density at radius 3 is 2.92 bits per heavy atom. The topological polar surface area (TPSA) is 50.4 Å². The second-order valence-electron chi connectivity index (χ2n) is 5.70. The van der Waals surface area contributed by atoms with Crippen LogP contribution in [0.5, 0.6) is 5.75 Å². The number of rotatable bonds is 4. The number of carbonyl (C=O) groups is 1. The maximum absolute atomic E-state index is 14.6. The number of amides is 1. The predicted octanol–water partition coefficient (Wildman–Crippen LogP) is 4.06. The highest BCUT2D eigenvalue weighted by Crippen LogP contribution is 2.25. The average molecular weight is 430 g/mol. The summed E-state index contributed by atoms with van der Waals surface area (Å²) in [4.78, 5) is 12.3. The third kappa shape index (κ3) is 4.71. The Morgan fingerprint density at radius 1 is 1.36 bits per heavy atom. The fraction of sp³-hybridized carbons (Fsp3) is 0.278. The molecule has 1 aliphatic rings. The first-order valence-electron chi connectivity index (χ1n) is 7.78. The van der Waals surface area contributed by atoms with Crippen molar-refractivity contribution in [2.24, 2.45) is 0 Å². The Bertz CT molecular complexity index is 773. The van der Waals surface area contributed by atoms with Crippen LogP contribution in [0.2, 0.25) is 0 Å². The highest BCUT2D eigenvalue weighted by atomic mass is 79.9. The number of fused-ring (bicyclic) bond motifs is 1. The Hall–Kier alpha value is -1.63. The van der Waals surface area contributed by atoms with Crippen molar-refractivity contribution >= 4 is 39.9 Å². The van der Waals surface area contributed by atoms with Crippen LogP contribution in [0.25, 0.3) is 0 Å². The number of benzene rings is 2. The zero-order valence-electron chi connectivity index (χ0n) is 13.6. The zero-order chi connectivity index (χ0) is 17.1. The Morgan fingerprint density at radius 2 is 2.16 bits per heavy atom. The Kier molecular flexibility index (Phi) is 6.81.